The molecule has 2 aromatic carbocycles. The summed E-state index contributed by atoms with van der Waals surface area (Å²) >= 11 is -2.27. The maximum absolute atomic E-state index is 12.3. The van der Waals surface area contributed by atoms with E-state index in [9.17, 15) is 37.4 Å². The van der Waals surface area contributed by atoms with Gasteiger partial charge in [-0.3, -0.25) is 10.1 Å². The van der Waals surface area contributed by atoms with E-state index in [0.29, 0.717) is 17.4 Å². The molecule has 3 aromatic rings. The van der Waals surface area contributed by atoms with Gasteiger partial charge in [-0.1, -0.05) is 12.1 Å². The van der Waals surface area contributed by atoms with E-state index >= 15 is 0 Å². The number of aliphatic carboxylic acids is 1. The Kier molecular flexibility index (Phi) is 9.69. The molecular weight excluding hydrogens is 586 g/mol. The second-order valence-electron chi connectivity index (χ2n) is 8.39. The predicted molar refractivity (Wildman–Crippen MR) is 140 cm³/mol. The SMILES string of the molecule is CCOC(=O)c1cc(C)cc(Oc2nc(S(C)(=O)=O)nc(OC(Cc3ccc(S(=O)O)cc3)C(=O)O)c2[N+](=O)[O-])c1. The van der Waals surface area contributed by atoms with Gasteiger partial charge in [-0.25, -0.2) is 22.2 Å². The average molecular weight is 610 g/mol. The molecule has 2 unspecified atom stereocenters. The first-order valence-corrected chi connectivity index (χ1v) is 14.5. The molecule has 218 valence electrons. The highest BCUT2D eigenvalue weighted by molar-refractivity contribution is 7.90. The third-order valence-corrected chi connectivity index (χ3v) is 6.69. The Labute approximate surface area is 235 Å². The first-order valence-electron chi connectivity index (χ1n) is 11.5. The van der Waals surface area contributed by atoms with Crippen LogP contribution in [0.1, 0.15) is 28.4 Å². The Morgan fingerprint density at radius 1 is 1.12 bits per heavy atom. The van der Waals surface area contributed by atoms with E-state index < -0.39 is 66.5 Å². The van der Waals surface area contributed by atoms with Crippen LogP contribution in [0.25, 0.3) is 0 Å². The van der Waals surface area contributed by atoms with Crippen LogP contribution in [-0.2, 0) is 36.9 Å². The van der Waals surface area contributed by atoms with Gasteiger partial charge in [-0.2, -0.15) is 9.97 Å². The molecule has 0 saturated heterocycles. The molecule has 17 heteroatoms. The summed E-state index contributed by atoms with van der Waals surface area (Å²) in [4.78, 5) is 42.6. The summed E-state index contributed by atoms with van der Waals surface area (Å²) in [6.45, 7) is 3.28. The third kappa shape index (κ3) is 8.03. The lowest BCUT2D eigenvalue weighted by atomic mass is 10.1. The maximum Gasteiger partial charge on any atom is 0.392 e. The van der Waals surface area contributed by atoms with Crippen molar-refractivity contribution in [2.24, 2.45) is 0 Å². The first kappa shape index (κ1) is 31.1. The molecule has 0 spiro atoms. The molecule has 1 heterocycles. The Morgan fingerprint density at radius 3 is 2.29 bits per heavy atom. The zero-order valence-corrected chi connectivity index (χ0v) is 23.3. The summed E-state index contributed by atoms with van der Waals surface area (Å²) in [5, 5.41) is 20.9. The number of sulfone groups is 1. The number of aromatic nitrogens is 2. The van der Waals surface area contributed by atoms with E-state index in [-0.39, 0.29) is 29.2 Å². The number of benzene rings is 2. The second-order valence-corrected chi connectivity index (χ2v) is 11.3. The number of carboxylic acid groups (broad SMARTS) is 1. The third-order valence-electron chi connectivity index (χ3n) is 5.17. The van der Waals surface area contributed by atoms with Crippen LogP contribution in [0.2, 0.25) is 0 Å². The van der Waals surface area contributed by atoms with E-state index in [0.717, 1.165) is 0 Å². The lowest BCUT2D eigenvalue weighted by Gasteiger charge is -2.16. The summed E-state index contributed by atoms with van der Waals surface area (Å²) in [7, 11) is -4.23. The van der Waals surface area contributed by atoms with Crippen LogP contribution in [0.3, 0.4) is 0 Å². The Hall–Kier alpha value is -4.48. The molecule has 41 heavy (non-hydrogen) atoms. The minimum atomic E-state index is -4.23. The van der Waals surface area contributed by atoms with Crippen molar-refractivity contribution in [2.45, 2.75) is 36.4 Å². The van der Waals surface area contributed by atoms with Gasteiger partial charge >= 0.3 is 29.4 Å². The highest BCUT2D eigenvalue weighted by atomic mass is 32.2. The normalized spacial score (nSPS) is 12.7. The van der Waals surface area contributed by atoms with Gasteiger partial charge < -0.3 is 23.9 Å². The maximum atomic E-state index is 12.3. The quantitative estimate of drug-likeness (QED) is 0.0990. The lowest BCUT2D eigenvalue weighted by molar-refractivity contribution is -0.387. The van der Waals surface area contributed by atoms with Gasteiger partial charge in [0.1, 0.15) is 5.75 Å². The van der Waals surface area contributed by atoms with E-state index in [4.69, 9.17) is 18.8 Å². The summed E-state index contributed by atoms with van der Waals surface area (Å²) in [6, 6.07) is 9.31. The van der Waals surface area contributed by atoms with E-state index in [1.165, 1.54) is 42.5 Å². The van der Waals surface area contributed by atoms with Gasteiger partial charge in [0.2, 0.25) is 15.9 Å². The number of nitro groups is 1. The molecule has 1 aromatic heterocycles. The Morgan fingerprint density at radius 2 is 1.76 bits per heavy atom. The number of aryl methyl sites for hydroxylation is 1. The van der Waals surface area contributed by atoms with Gasteiger partial charge in [0.05, 0.1) is 22.0 Å². The number of ether oxygens (including phenoxy) is 3. The molecule has 0 amide bonds. The van der Waals surface area contributed by atoms with Gasteiger partial charge in [0.25, 0.3) is 5.16 Å². The second kappa shape index (κ2) is 12.8. The van der Waals surface area contributed by atoms with Gasteiger partial charge in [-0.05, 0) is 55.3 Å². The zero-order valence-electron chi connectivity index (χ0n) is 21.7. The molecule has 0 fully saturated rings. The molecule has 0 aliphatic rings. The van der Waals surface area contributed by atoms with Crippen molar-refractivity contribution in [3.05, 3.63) is 69.3 Å². The molecule has 2 atom stereocenters. The van der Waals surface area contributed by atoms with Crippen molar-refractivity contribution < 1.29 is 51.0 Å². The number of carbonyl (C=O) groups is 2. The lowest BCUT2D eigenvalue weighted by Crippen LogP contribution is -2.30. The van der Waals surface area contributed by atoms with Crippen LogP contribution < -0.4 is 9.47 Å². The van der Waals surface area contributed by atoms with Crippen molar-refractivity contribution in [2.75, 3.05) is 12.9 Å². The van der Waals surface area contributed by atoms with Crippen molar-refractivity contribution in [1.82, 2.24) is 9.97 Å². The van der Waals surface area contributed by atoms with E-state index in [2.05, 4.69) is 9.97 Å². The summed E-state index contributed by atoms with van der Waals surface area (Å²) in [6.07, 6.45) is -1.49. The van der Waals surface area contributed by atoms with Crippen molar-refractivity contribution >= 4 is 38.5 Å². The minimum Gasteiger partial charge on any atom is -0.478 e. The molecule has 0 aliphatic heterocycles. The molecule has 0 aliphatic carbocycles. The fourth-order valence-corrected chi connectivity index (χ4v) is 4.26. The molecule has 2 N–H and O–H groups in total. The predicted octanol–water partition coefficient (Wildman–Crippen LogP) is 2.72. The number of hydrogen-bond acceptors (Lipinski definition) is 12. The summed E-state index contributed by atoms with van der Waals surface area (Å²) < 4.78 is 60.8. The fraction of sp³-hybridized carbons (Fsp3) is 0.250. The first-order chi connectivity index (χ1) is 19.2. The van der Waals surface area contributed by atoms with Crippen LogP contribution in [-0.4, -0.2) is 68.1 Å². The summed E-state index contributed by atoms with van der Waals surface area (Å²) in [5.74, 6) is -4.31. The fourth-order valence-electron chi connectivity index (χ4n) is 3.39. The monoisotopic (exact) mass is 609 g/mol. The highest BCUT2D eigenvalue weighted by Gasteiger charge is 2.34. The number of hydrogen-bond donors (Lipinski definition) is 2. The topological polar surface area (TPSA) is 222 Å². The largest absolute Gasteiger partial charge is 0.478 e. The van der Waals surface area contributed by atoms with Crippen LogP contribution in [0.15, 0.2) is 52.5 Å². The van der Waals surface area contributed by atoms with Gasteiger partial charge in [0.15, 0.2) is 11.1 Å². The number of rotatable bonds is 12. The number of carbonyl (C=O) groups excluding carboxylic acids is 1. The smallest absolute Gasteiger partial charge is 0.392 e. The Balaban J connectivity index is 2.10. The van der Waals surface area contributed by atoms with Crippen molar-refractivity contribution in [3.63, 3.8) is 0 Å². The zero-order chi connectivity index (χ0) is 30.5. The number of nitrogens with zero attached hydrogens (tertiary/aromatic N) is 3. The van der Waals surface area contributed by atoms with Crippen LogP contribution in [0.4, 0.5) is 5.69 Å². The van der Waals surface area contributed by atoms with E-state index in [1.807, 2.05) is 0 Å². The molecule has 3 rings (SSSR count). The molecular formula is C24H23N3O12S2. The van der Waals surface area contributed by atoms with Crippen molar-refractivity contribution in [1.29, 1.82) is 0 Å². The standard InChI is InChI=1S/C24H23N3O12S2/c1-4-37-23(30)15-9-13(2)10-16(12-15)38-20-19(27(31)32)21(26-24(25-20)41(3,35)36)39-18(22(28)29)11-14-5-7-17(8-6-14)40(33)34/h5-10,12,18H,4,11H2,1-3H3,(H,28,29)(H,33,34). The molecule has 0 radical (unpaired) electrons. The van der Waals surface area contributed by atoms with Crippen LogP contribution in [0, 0.1) is 17.0 Å². The Bertz CT molecular complexity index is 1630. The van der Waals surface area contributed by atoms with Gasteiger partial charge in [-0.15, -0.1) is 0 Å². The highest BCUT2D eigenvalue weighted by Crippen LogP contribution is 2.38. The van der Waals surface area contributed by atoms with Crippen LogP contribution in [0.5, 0.6) is 17.5 Å². The van der Waals surface area contributed by atoms with Crippen molar-refractivity contribution in [3.8, 4) is 17.5 Å². The number of esters is 1. The summed E-state index contributed by atoms with van der Waals surface area (Å²) in [5.41, 5.74) is -0.229. The van der Waals surface area contributed by atoms with E-state index in [1.54, 1.807) is 13.8 Å². The minimum absolute atomic E-state index is 0.0420. The molecule has 0 bridgehead atoms. The number of carboxylic acids is 1. The molecule has 15 nitrogen and oxygen atoms in total. The molecule has 0 saturated carbocycles. The van der Waals surface area contributed by atoms with Gasteiger partial charge in [0, 0.05) is 12.7 Å². The van der Waals surface area contributed by atoms with Crippen LogP contribution >= 0.6 is 0 Å². The average Bonchev–Trinajstić information content (AvgIpc) is 2.87.